The Morgan fingerprint density at radius 2 is 1.83 bits per heavy atom. The molecule has 24 heavy (non-hydrogen) atoms. The van der Waals surface area contributed by atoms with Crippen molar-refractivity contribution in [3.05, 3.63) is 41.7 Å². The van der Waals surface area contributed by atoms with Crippen molar-refractivity contribution in [2.24, 2.45) is 5.92 Å². The third-order valence-corrected chi connectivity index (χ3v) is 4.36. The minimum Gasteiger partial charge on any atom is -0.370 e. The van der Waals surface area contributed by atoms with E-state index in [-0.39, 0.29) is 0 Å². The van der Waals surface area contributed by atoms with E-state index in [2.05, 4.69) is 45.0 Å². The summed E-state index contributed by atoms with van der Waals surface area (Å²) in [6.45, 7) is 9.08. The summed E-state index contributed by atoms with van der Waals surface area (Å²) in [5.41, 5.74) is 1.18. The molecule has 128 valence electrons. The average Bonchev–Trinajstić information content (AvgIpc) is 2.60. The molecule has 1 aromatic carbocycles. The van der Waals surface area contributed by atoms with Gasteiger partial charge in [-0.2, -0.15) is 0 Å². The van der Waals surface area contributed by atoms with Crippen molar-refractivity contribution in [1.29, 1.82) is 0 Å². The second-order valence-electron chi connectivity index (χ2n) is 6.49. The number of hydrogen-bond donors (Lipinski definition) is 1. The zero-order valence-electron chi connectivity index (χ0n) is 14.2. The van der Waals surface area contributed by atoms with Crippen LogP contribution in [0.25, 0.3) is 0 Å². The molecule has 0 saturated carbocycles. The Hall–Kier alpha value is -2.01. The molecule has 1 aliphatic rings. The molecule has 2 heterocycles. The number of nitrogens with zero attached hydrogens (tertiary/aromatic N) is 4. The number of nitrogens with one attached hydrogen (secondary N) is 1. The van der Waals surface area contributed by atoms with Gasteiger partial charge in [-0.25, -0.2) is 9.97 Å². The van der Waals surface area contributed by atoms with Crippen LogP contribution in [0.3, 0.4) is 0 Å². The van der Waals surface area contributed by atoms with E-state index in [1.54, 1.807) is 6.33 Å². The topological polar surface area (TPSA) is 44.3 Å². The van der Waals surface area contributed by atoms with Gasteiger partial charge in [-0.3, -0.25) is 0 Å². The van der Waals surface area contributed by atoms with Crippen molar-refractivity contribution < 1.29 is 0 Å². The van der Waals surface area contributed by atoms with E-state index in [1.807, 2.05) is 24.3 Å². The van der Waals surface area contributed by atoms with Crippen LogP contribution < -0.4 is 15.1 Å². The van der Waals surface area contributed by atoms with Gasteiger partial charge in [0.15, 0.2) is 0 Å². The van der Waals surface area contributed by atoms with Crippen molar-refractivity contribution in [3.8, 4) is 0 Å². The average molecular weight is 346 g/mol. The van der Waals surface area contributed by atoms with Gasteiger partial charge in [0.1, 0.15) is 18.0 Å². The first kappa shape index (κ1) is 16.8. The predicted octanol–water partition coefficient (Wildman–Crippen LogP) is 3.52. The van der Waals surface area contributed by atoms with Crippen LogP contribution in [0.5, 0.6) is 0 Å². The molecule has 1 aliphatic heterocycles. The highest BCUT2D eigenvalue weighted by Gasteiger charge is 2.19. The fourth-order valence-corrected chi connectivity index (χ4v) is 2.98. The Labute approximate surface area is 148 Å². The maximum Gasteiger partial charge on any atom is 0.134 e. The highest BCUT2D eigenvalue weighted by Crippen LogP contribution is 2.22. The molecule has 1 saturated heterocycles. The molecule has 0 amide bonds. The lowest BCUT2D eigenvalue weighted by Crippen LogP contribution is -2.46. The Morgan fingerprint density at radius 3 is 2.54 bits per heavy atom. The zero-order chi connectivity index (χ0) is 16.9. The molecule has 1 N–H and O–H groups in total. The van der Waals surface area contributed by atoms with Gasteiger partial charge in [0.25, 0.3) is 0 Å². The molecule has 5 nitrogen and oxygen atoms in total. The fourth-order valence-electron chi connectivity index (χ4n) is 2.79. The van der Waals surface area contributed by atoms with Crippen molar-refractivity contribution in [2.45, 2.75) is 13.8 Å². The second kappa shape index (κ2) is 7.71. The van der Waals surface area contributed by atoms with E-state index >= 15 is 0 Å². The quantitative estimate of drug-likeness (QED) is 0.898. The summed E-state index contributed by atoms with van der Waals surface area (Å²) in [5, 5.41) is 4.15. The number of anilines is 3. The predicted molar refractivity (Wildman–Crippen MR) is 101 cm³/mol. The third-order valence-electron chi connectivity index (χ3n) is 4.12. The molecule has 0 bridgehead atoms. The Balaban J connectivity index is 1.61. The molecule has 0 aliphatic carbocycles. The van der Waals surface area contributed by atoms with Crippen LogP contribution in [0.4, 0.5) is 17.3 Å². The van der Waals surface area contributed by atoms with Crippen molar-refractivity contribution >= 4 is 28.9 Å². The summed E-state index contributed by atoms with van der Waals surface area (Å²) < 4.78 is 0. The summed E-state index contributed by atoms with van der Waals surface area (Å²) in [6.07, 6.45) is 1.64. The maximum absolute atomic E-state index is 6.10. The van der Waals surface area contributed by atoms with Crippen molar-refractivity contribution in [2.75, 3.05) is 47.8 Å². The van der Waals surface area contributed by atoms with Gasteiger partial charge in [0.05, 0.1) is 0 Å². The molecule has 1 aromatic heterocycles. The first-order valence-corrected chi connectivity index (χ1v) is 8.81. The second-order valence-corrected chi connectivity index (χ2v) is 6.93. The molecule has 3 rings (SSSR count). The first-order chi connectivity index (χ1) is 11.6. The maximum atomic E-state index is 6.10. The van der Waals surface area contributed by atoms with E-state index < -0.39 is 0 Å². The van der Waals surface area contributed by atoms with Crippen LogP contribution in [0, 0.1) is 5.92 Å². The Bertz CT molecular complexity index is 668. The van der Waals surface area contributed by atoms with Crippen LogP contribution in [-0.2, 0) is 0 Å². The molecule has 0 radical (unpaired) electrons. The molecule has 0 spiro atoms. The van der Waals surface area contributed by atoms with Gasteiger partial charge >= 0.3 is 0 Å². The largest absolute Gasteiger partial charge is 0.370 e. The lowest BCUT2D eigenvalue weighted by molar-refractivity contribution is 0.646. The number of halogens is 1. The van der Waals surface area contributed by atoms with Crippen molar-refractivity contribution in [3.63, 3.8) is 0 Å². The van der Waals surface area contributed by atoms with Gasteiger partial charge in [0.2, 0.25) is 0 Å². The standard InChI is InChI=1S/C18H24ClN5/c1-14(2)12-20-17-11-18(22-13-21-17)24-8-6-23(7-9-24)16-5-3-4-15(19)10-16/h3-5,10-11,13-14H,6-9,12H2,1-2H3,(H,20,21,22). The number of aromatic nitrogens is 2. The van der Waals surface area contributed by atoms with Crippen LogP contribution in [0.1, 0.15) is 13.8 Å². The fraction of sp³-hybridized carbons (Fsp3) is 0.444. The molecule has 2 aromatic rings. The highest BCUT2D eigenvalue weighted by atomic mass is 35.5. The van der Waals surface area contributed by atoms with Gasteiger partial charge < -0.3 is 15.1 Å². The Morgan fingerprint density at radius 1 is 1.08 bits per heavy atom. The van der Waals surface area contributed by atoms with Crippen molar-refractivity contribution in [1.82, 2.24) is 9.97 Å². The smallest absolute Gasteiger partial charge is 0.134 e. The van der Waals surface area contributed by atoms with Gasteiger partial charge in [-0.1, -0.05) is 31.5 Å². The van der Waals surface area contributed by atoms with Gasteiger partial charge in [-0.05, 0) is 24.1 Å². The summed E-state index contributed by atoms with van der Waals surface area (Å²) in [5.74, 6) is 2.47. The number of rotatable bonds is 5. The van der Waals surface area contributed by atoms with E-state index in [0.29, 0.717) is 5.92 Å². The van der Waals surface area contributed by atoms with E-state index in [1.165, 1.54) is 5.69 Å². The summed E-state index contributed by atoms with van der Waals surface area (Å²) >= 11 is 6.10. The summed E-state index contributed by atoms with van der Waals surface area (Å²) in [4.78, 5) is 13.4. The third kappa shape index (κ3) is 4.29. The minimum absolute atomic E-state index is 0.588. The number of piperazine rings is 1. The zero-order valence-corrected chi connectivity index (χ0v) is 15.0. The normalized spacial score (nSPS) is 15.0. The van der Waals surface area contributed by atoms with Crippen LogP contribution in [-0.4, -0.2) is 42.7 Å². The summed E-state index contributed by atoms with van der Waals surface area (Å²) in [7, 11) is 0. The number of hydrogen-bond acceptors (Lipinski definition) is 5. The van der Waals surface area contributed by atoms with Crippen LogP contribution >= 0.6 is 11.6 Å². The molecule has 1 fully saturated rings. The van der Waals surface area contributed by atoms with E-state index in [9.17, 15) is 0 Å². The van der Waals surface area contributed by atoms with E-state index in [4.69, 9.17) is 11.6 Å². The molecular weight excluding hydrogens is 322 g/mol. The van der Waals surface area contributed by atoms with Crippen LogP contribution in [0.15, 0.2) is 36.7 Å². The summed E-state index contributed by atoms with van der Waals surface area (Å²) in [6, 6.07) is 10.1. The van der Waals surface area contributed by atoms with Gasteiger partial charge in [0, 0.05) is 49.5 Å². The molecular formula is C18H24ClN5. The van der Waals surface area contributed by atoms with Crippen LogP contribution in [0.2, 0.25) is 5.02 Å². The minimum atomic E-state index is 0.588. The lowest BCUT2D eigenvalue weighted by Gasteiger charge is -2.36. The van der Waals surface area contributed by atoms with E-state index in [0.717, 1.165) is 49.4 Å². The molecule has 6 heteroatoms. The molecule has 0 unspecified atom stereocenters. The lowest BCUT2D eigenvalue weighted by atomic mass is 10.2. The SMILES string of the molecule is CC(C)CNc1cc(N2CCN(c3cccc(Cl)c3)CC2)ncn1. The highest BCUT2D eigenvalue weighted by molar-refractivity contribution is 6.30. The Kier molecular flexibility index (Phi) is 5.41. The molecule has 0 atom stereocenters. The van der Waals surface area contributed by atoms with Gasteiger partial charge in [-0.15, -0.1) is 0 Å². The monoisotopic (exact) mass is 345 g/mol. The number of benzene rings is 1. The first-order valence-electron chi connectivity index (χ1n) is 8.43.